The summed E-state index contributed by atoms with van der Waals surface area (Å²) in [6.45, 7) is 8.37. The monoisotopic (exact) mass is 455 g/mol. The minimum Gasteiger partial charge on any atom is -0.332 e. The Kier molecular flexibility index (Phi) is 6.51. The van der Waals surface area contributed by atoms with E-state index in [0.29, 0.717) is 17.4 Å². The normalized spacial score (nSPS) is 31.1. The molecule has 1 heterocycles. The van der Waals surface area contributed by atoms with Crippen molar-refractivity contribution in [2.45, 2.75) is 64.0 Å². The predicted octanol–water partition coefficient (Wildman–Crippen LogP) is 7.82. The van der Waals surface area contributed by atoms with Gasteiger partial charge in [-0.15, -0.1) is 6.58 Å². The highest BCUT2D eigenvalue weighted by Crippen LogP contribution is 2.53. The van der Waals surface area contributed by atoms with E-state index in [1.807, 2.05) is 30.3 Å². The van der Waals surface area contributed by atoms with Gasteiger partial charge in [-0.2, -0.15) is 0 Å². The zero-order valence-corrected chi connectivity index (χ0v) is 19.9. The molecule has 31 heavy (non-hydrogen) atoms. The SMILES string of the molecule is C=CCC1(C)C[C@H](c2cccc(Cl)c2)[C@@H](c2ccc(Cl)cc2)N(C2CC[C@@H](C)C2)C1=O. The van der Waals surface area contributed by atoms with E-state index >= 15 is 0 Å². The number of halogens is 2. The van der Waals surface area contributed by atoms with E-state index in [-0.39, 0.29) is 23.9 Å². The Labute approximate surface area is 196 Å². The second-order valence-electron chi connectivity index (χ2n) is 9.70. The number of nitrogens with zero attached hydrogens (tertiary/aromatic N) is 1. The van der Waals surface area contributed by atoms with Gasteiger partial charge in [0.05, 0.1) is 11.5 Å². The predicted molar refractivity (Wildman–Crippen MR) is 130 cm³/mol. The fourth-order valence-corrected chi connectivity index (χ4v) is 6.04. The fourth-order valence-electron chi connectivity index (χ4n) is 5.72. The molecular weight excluding hydrogens is 425 g/mol. The van der Waals surface area contributed by atoms with Crippen molar-refractivity contribution in [2.75, 3.05) is 0 Å². The highest BCUT2D eigenvalue weighted by molar-refractivity contribution is 6.30. The fraction of sp³-hybridized carbons (Fsp3) is 0.444. The third-order valence-electron chi connectivity index (χ3n) is 7.25. The van der Waals surface area contributed by atoms with E-state index in [2.05, 4.69) is 49.6 Å². The largest absolute Gasteiger partial charge is 0.332 e. The van der Waals surface area contributed by atoms with Crippen molar-refractivity contribution in [3.8, 4) is 0 Å². The molecule has 0 aromatic heterocycles. The van der Waals surface area contributed by atoms with Gasteiger partial charge in [0, 0.05) is 22.0 Å². The Balaban J connectivity index is 1.87. The maximum atomic E-state index is 14.1. The summed E-state index contributed by atoms with van der Waals surface area (Å²) in [5, 5.41) is 1.44. The molecule has 1 saturated carbocycles. The van der Waals surface area contributed by atoms with Gasteiger partial charge in [-0.05, 0) is 73.4 Å². The van der Waals surface area contributed by atoms with E-state index in [4.69, 9.17) is 23.2 Å². The number of hydrogen-bond acceptors (Lipinski definition) is 1. The number of amides is 1. The Hall–Kier alpha value is -1.77. The van der Waals surface area contributed by atoms with Gasteiger partial charge in [-0.1, -0.05) is 67.4 Å². The number of rotatable bonds is 5. The molecule has 4 heteroatoms. The number of piperidine rings is 1. The summed E-state index contributed by atoms with van der Waals surface area (Å²) in [4.78, 5) is 16.3. The van der Waals surface area contributed by atoms with Crippen LogP contribution in [0.2, 0.25) is 10.0 Å². The minimum absolute atomic E-state index is 0.0311. The van der Waals surface area contributed by atoms with E-state index < -0.39 is 5.41 Å². The lowest BCUT2D eigenvalue weighted by Gasteiger charge is -2.51. The minimum atomic E-state index is -0.469. The van der Waals surface area contributed by atoms with Crippen molar-refractivity contribution in [3.63, 3.8) is 0 Å². The van der Waals surface area contributed by atoms with Gasteiger partial charge in [-0.3, -0.25) is 4.79 Å². The molecule has 2 aromatic carbocycles. The second kappa shape index (κ2) is 9.00. The number of allylic oxidation sites excluding steroid dienone is 1. The van der Waals surface area contributed by atoms with Gasteiger partial charge in [0.15, 0.2) is 0 Å². The second-order valence-corrected chi connectivity index (χ2v) is 10.6. The van der Waals surface area contributed by atoms with Crippen LogP contribution in [0.4, 0.5) is 0 Å². The molecular formula is C27H31Cl2NO. The molecule has 0 bridgehead atoms. The lowest BCUT2D eigenvalue weighted by Crippen LogP contribution is -2.55. The number of likely N-dealkylation sites (tertiary alicyclic amines) is 1. The molecule has 164 valence electrons. The standard InChI is InChI=1S/C27H31Cl2NO/c1-4-14-27(3)17-24(20-6-5-7-22(29)16-20)25(19-9-11-21(28)12-10-19)30(26(27)31)23-13-8-18(2)15-23/h4-7,9-12,16,18,23-25H,1,8,13-15,17H2,2-3H3/t18-,23?,24-,25-,27?/m1/s1. The van der Waals surface area contributed by atoms with Crippen LogP contribution in [0.3, 0.4) is 0 Å². The summed E-state index contributed by atoms with van der Waals surface area (Å²) >= 11 is 12.6. The quantitative estimate of drug-likeness (QED) is 0.420. The van der Waals surface area contributed by atoms with Crippen molar-refractivity contribution in [1.82, 2.24) is 4.90 Å². The molecule has 5 atom stereocenters. The molecule has 1 amide bonds. The summed E-state index contributed by atoms with van der Waals surface area (Å²) in [6, 6.07) is 16.4. The van der Waals surface area contributed by atoms with Gasteiger partial charge in [0.1, 0.15) is 0 Å². The molecule has 4 rings (SSSR count). The summed E-state index contributed by atoms with van der Waals surface area (Å²) in [5.41, 5.74) is 1.86. The number of benzene rings is 2. The third kappa shape index (κ3) is 4.43. The zero-order valence-electron chi connectivity index (χ0n) is 18.4. The molecule has 0 spiro atoms. The summed E-state index contributed by atoms with van der Waals surface area (Å²) < 4.78 is 0. The first-order chi connectivity index (χ1) is 14.8. The van der Waals surface area contributed by atoms with Gasteiger partial charge >= 0.3 is 0 Å². The Morgan fingerprint density at radius 2 is 1.84 bits per heavy atom. The molecule has 2 nitrogen and oxygen atoms in total. The van der Waals surface area contributed by atoms with Crippen LogP contribution >= 0.6 is 23.2 Å². The molecule has 2 aliphatic rings. The molecule has 0 N–H and O–H groups in total. The zero-order chi connectivity index (χ0) is 22.2. The topological polar surface area (TPSA) is 20.3 Å². The average molecular weight is 456 g/mol. The van der Waals surface area contributed by atoms with Crippen LogP contribution in [0.15, 0.2) is 61.2 Å². The maximum absolute atomic E-state index is 14.1. The molecule has 2 fully saturated rings. The summed E-state index contributed by atoms with van der Waals surface area (Å²) in [5.74, 6) is 1.05. The molecule has 1 aliphatic carbocycles. The van der Waals surface area contributed by atoms with E-state index in [1.165, 1.54) is 12.0 Å². The molecule has 1 aliphatic heterocycles. The molecule has 1 saturated heterocycles. The van der Waals surface area contributed by atoms with Gasteiger partial charge in [0.25, 0.3) is 0 Å². The van der Waals surface area contributed by atoms with E-state index in [1.54, 1.807) is 0 Å². The number of carbonyl (C=O) groups excluding carboxylic acids is 1. The van der Waals surface area contributed by atoms with Crippen LogP contribution in [0.1, 0.15) is 69.0 Å². The van der Waals surface area contributed by atoms with Gasteiger partial charge in [-0.25, -0.2) is 0 Å². The van der Waals surface area contributed by atoms with Crippen LogP contribution in [-0.4, -0.2) is 16.8 Å². The van der Waals surface area contributed by atoms with Crippen molar-refractivity contribution in [2.24, 2.45) is 11.3 Å². The maximum Gasteiger partial charge on any atom is 0.229 e. The van der Waals surface area contributed by atoms with E-state index in [9.17, 15) is 4.79 Å². The Bertz CT molecular complexity index is 956. The Morgan fingerprint density at radius 3 is 2.45 bits per heavy atom. The third-order valence-corrected chi connectivity index (χ3v) is 7.73. The first kappa shape index (κ1) is 22.4. The highest BCUT2D eigenvalue weighted by Gasteiger charge is 2.51. The van der Waals surface area contributed by atoms with Gasteiger partial charge < -0.3 is 4.90 Å². The van der Waals surface area contributed by atoms with E-state index in [0.717, 1.165) is 29.8 Å². The van der Waals surface area contributed by atoms with Gasteiger partial charge in [0.2, 0.25) is 5.91 Å². The lowest BCUT2D eigenvalue weighted by atomic mass is 9.67. The van der Waals surface area contributed by atoms with Crippen LogP contribution in [0.25, 0.3) is 0 Å². The molecule has 0 radical (unpaired) electrons. The first-order valence-electron chi connectivity index (χ1n) is 11.3. The van der Waals surface area contributed by atoms with Crippen LogP contribution < -0.4 is 0 Å². The summed E-state index contributed by atoms with van der Waals surface area (Å²) in [6.07, 6.45) is 6.62. The number of hydrogen-bond donors (Lipinski definition) is 0. The van der Waals surface area contributed by atoms with Crippen molar-refractivity contribution < 1.29 is 4.79 Å². The van der Waals surface area contributed by atoms with Crippen LogP contribution in [-0.2, 0) is 4.79 Å². The average Bonchev–Trinajstić information content (AvgIpc) is 3.16. The van der Waals surface area contributed by atoms with Crippen molar-refractivity contribution in [1.29, 1.82) is 0 Å². The van der Waals surface area contributed by atoms with Crippen LogP contribution in [0, 0.1) is 11.3 Å². The molecule has 2 unspecified atom stereocenters. The Morgan fingerprint density at radius 1 is 1.10 bits per heavy atom. The summed E-state index contributed by atoms with van der Waals surface area (Å²) in [7, 11) is 0. The van der Waals surface area contributed by atoms with Crippen molar-refractivity contribution >= 4 is 29.1 Å². The van der Waals surface area contributed by atoms with Crippen molar-refractivity contribution in [3.05, 3.63) is 82.4 Å². The lowest BCUT2D eigenvalue weighted by molar-refractivity contribution is -0.154. The molecule has 2 aromatic rings. The highest BCUT2D eigenvalue weighted by atomic mass is 35.5. The smallest absolute Gasteiger partial charge is 0.229 e. The first-order valence-corrected chi connectivity index (χ1v) is 12.0. The van der Waals surface area contributed by atoms with Crippen LogP contribution in [0.5, 0.6) is 0 Å². The number of carbonyl (C=O) groups is 1.